The van der Waals surface area contributed by atoms with Crippen molar-refractivity contribution in [3.8, 4) is 11.8 Å². The molecule has 1 aromatic rings. The predicted octanol–water partition coefficient (Wildman–Crippen LogP) is 0.157. The molecule has 0 saturated carbocycles. The van der Waals surface area contributed by atoms with E-state index < -0.39 is 11.9 Å². The van der Waals surface area contributed by atoms with Gasteiger partial charge in [-0.05, 0) is 12.8 Å². The van der Waals surface area contributed by atoms with E-state index in [9.17, 15) is 9.59 Å². The summed E-state index contributed by atoms with van der Waals surface area (Å²) < 4.78 is 4.76. The molecule has 0 saturated heterocycles. The van der Waals surface area contributed by atoms with Crippen molar-refractivity contribution in [2.75, 3.05) is 6.61 Å². The van der Waals surface area contributed by atoms with E-state index in [0.29, 0.717) is 4.88 Å². The van der Waals surface area contributed by atoms with Crippen molar-refractivity contribution in [1.29, 1.82) is 0 Å². The maximum atomic E-state index is 11.3. The zero-order valence-corrected chi connectivity index (χ0v) is 8.76. The standard InChI is InChI=1S/C9H8N2O3S/c1-2-14-9(13)8-6(15-5-11-8)3-4-7(10)12/h5H,2H2,1H3,(H2,10,12). The average Bonchev–Trinajstić information content (AvgIpc) is 2.62. The van der Waals surface area contributed by atoms with E-state index in [2.05, 4.69) is 16.8 Å². The summed E-state index contributed by atoms with van der Waals surface area (Å²) in [5, 5.41) is 0. The second kappa shape index (κ2) is 5.12. The molecule has 1 heterocycles. The topological polar surface area (TPSA) is 82.3 Å². The highest BCUT2D eigenvalue weighted by atomic mass is 32.1. The number of esters is 1. The minimum absolute atomic E-state index is 0.121. The number of ether oxygens (including phenoxy) is 1. The average molecular weight is 224 g/mol. The van der Waals surface area contributed by atoms with Gasteiger partial charge in [-0.25, -0.2) is 9.78 Å². The number of primary amides is 1. The molecule has 0 radical (unpaired) electrons. The third-order valence-corrected chi connectivity index (χ3v) is 2.08. The van der Waals surface area contributed by atoms with E-state index in [-0.39, 0.29) is 12.3 Å². The maximum absolute atomic E-state index is 11.3. The highest BCUT2D eigenvalue weighted by Gasteiger charge is 2.14. The summed E-state index contributed by atoms with van der Waals surface area (Å²) in [5.74, 6) is 3.30. The zero-order valence-electron chi connectivity index (χ0n) is 7.94. The summed E-state index contributed by atoms with van der Waals surface area (Å²) in [6.07, 6.45) is 0. The number of thiazole rings is 1. The van der Waals surface area contributed by atoms with Crippen LogP contribution in [0.25, 0.3) is 0 Å². The van der Waals surface area contributed by atoms with E-state index in [4.69, 9.17) is 10.5 Å². The van der Waals surface area contributed by atoms with Crippen LogP contribution in [0.5, 0.6) is 0 Å². The Labute approximate surface area is 90.3 Å². The van der Waals surface area contributed by atoms with Crippen molar-refractivity contribution in [2.45, 2.75) is 6.92 Å². The molecule has 5 nitrogen and oxygen atoms in total. The number of nitrogens with zero attached hydrogens (tertiary/aromatic N) is 1. The van der Waals surface area contributed by atoms with Crippen LogP contribution in [-0.2, 0) is 9.53 Å². The minimum atomic E-state index is -0.752. The van der Waals surface area contributed by atoms with Gasteiger partial charge in [-0.3, -0.25) is 4.79 Å². The lowest BCUT2D eigenvalue weighted by Crippen LogP contribution is -2.08. The van der Waals surface area contributed by atoms with E-state index in [1.807, 2.05) is 0 Å². The number of aromatic nitrogens is 1. The van der Waals surface area contributed by atoms with Gasteiger partial charge in [0.1, 0.15) is 4.88 Å². The van der Waals surface area contributed by atoms with Gasteiger partial charge in [-0.2, -0.15) is 0 Å². The Kier molecular flexibility index (Phi) is 3.83. The Morgan fingerprint density at radius 1 is 1.67 bits per heavy atom. The van der Waals surface area contributed by atoms with Gasteiger partial charge in [-0.1, -0.05) is 0 Å². The molecular weight excluding hydrogens is 216 g/mol. The number of carbonyl (C=O) groups is 2. The highest BCUT2D eigenvalue weighted by Crippen LogP contribution is 2.12. The number of carbonyl (C=O) groups excluding carboxylic acids is 2. The Balaban J connectivity index is 2.93. The summed E-state index contributed by atoms with van der Waals surface area (Å²) in [6.45, 7) is 1.96. The Hall–Kier alpha value is -1.87. The first kappa shape index (κ1) is 11.2. The predicted molar refractivity (Wildman–Crippen MR) is 54.1 cm³/mol. The zero-order chi connectivity index (χ0) is 11.3. The summed E-state index contributed by atoms with van der Waals surface area (Å²) >= 11 is 1.15. The Morgan fingerprint density at radius 2 is 2.40 bits per heavy atom. The molecule has 0 bridgehead atoms. The number of hydrogen-bond acceptors (Lipinski definition) is 5. The van der Waals surface area contributed by atoms with Gasteiger partial charge < -0.3 is 10.5 Å². The highest BCUT2D eigenvalue weighted by molar-refractivity contribution is 7.10. The molecule has 1 rings (SSSR count). The van der Waals surface area contributed by atoms with Crippen LogP contribution < -0.4 is 5.73 Å². The molecule has 0 spiro atoms. The van der Waals surface area contributed by atoms with Crippen LogP contribution in [0.1, 0.15) is 22.3 Å². The number of rotatable bonds is 2. The maximum Gasteiger partial charge on any atom is 0.359 e. The first-order valence-electron chi connectivity index (χ1n) is 4.07. The van der Waals surface area contributed by atoms with Crippen molar-refractivity contribution >= 4 is 23.2 Å². The fourth-order valence-corrected chi connectivity index (χ4v) is 1.42. The molecule has 0 fully saturated rings. The minimum Gasteiger partial charge on any atom is -0.461 e. The third-order valence-electron chi connectivity index (χ3n) is 1.34. The molecule has 2 N–H and O–H groups in total. The Bertz CT molecular complexity index is 442. The molecule has 6 heteroatoms. The molecule has 0 atom stereocenters. The normalized spacial score (nSPS) is 8.87. The molecule has 1 amide bonds. The van der Waals surface area contributed by atoms with Gasteiger partial charge >= 0.3 is 5.97 Å². The molecule has 1 aromatic heterocycles. The molecule has 78 valence electrons. The van der Waals surface area contributed by atoms with Crippen LogP contribution in [0.3, 0.4) is 0 Å². The fraction of sp³-hybridized carbons (Fsp3) is 0.222. The lowest BCUT2D eigenvalue weighted by atomic mass is 10.3. The van der Waals surface area contributed by atoms with Gasteiger partial charge in [0.15, 0.2) is 5.69 Å². The van der Waals surface area contributed by atoms with Crippen LogP contribution >= 0.6 is 11.3 Å². The molecule has 0 aromatic carbocycles. The molecular formula is C9H8N2O3S. The van der Waals surface area contributed by atoms with Crippen molar-refractivity contribution in [3.63, 3.8) is 0 Å². The van der Waals surface area contributed by atoms with Crippen molar-refractivity contribution in [1.82, 2.24) is 4.98 Å². The van der Waals surface area contributed by atoms with Crippen molar-refractivity contribution < 1.29 is 14.3 Å². The van der Waals surface area contributed by atoms with Gasteiger partial charge in [0.25, 0.3) is 5.91 Å². The van der Waals surface area contributed by atoms with E-state index in [1.54, 1.807) is 6.92 Å². The van der Waals surface area contributed by atoms with Crippen LogP contribution in [0.15, 0.2) is 5.51 Å². The van der Waals surface area contributed by atoms with Gasteiger partial charge in [0.05, 0.1) is 12.1 Å². The SMILES string of the molecule is CCOC(=O)c1ncsc1C#CC(N)=O. The monoisotopic (exact) mass is 224 g/mol. The van der Waals surface area contributed by atoms with Crippen LogP contribution in [0.4, 0.5) is 0 Å². The lowest BCUT2D eigenvalue weighted by Gasteiger charge is -1.97. The first-order chi connectivity index (χ1) is 7.15. The summed E-state index contributed by atoms with van der Waals surface area (Å²) in [4.78, 5) is 25.9. The summed E-state index contributed by atoms with van der Waals surface area (Å²) in [6, 6.07) is 0. The third kappa shape index (κ3) is 3.07. The van der Waals surface area contributed by atoms with Crippen molar-refractivity contribution in [3.05, 3.63) is 16.1 Å². The van der Waals surface area contributed by atoms with Crippen LogP contribution in [-0.4, -0.2) is 23.5 Å². The van der Waals surface area contributed by atoms with E-state index >= 15 is 0 Å². The molecule has 0 unspecified atom stereocenters. The fourth-order valence-electron chi connectivity index (χ4n) is 0.798. The van der Waals surface area contributed by atoms with Gasteiger partial charge in [0.2, 0.25) is 0 Å². The first-order valence-corrected chi connectivity index (χ1v) is 4.95. The molecule has 0 aliphatic heterocycles. The second-order valence-electron chi connectivity index (χ2n) is 2.36. The molecule has 0 aliphatic rings. The lowest BCUT2D eigenvalue weighted by molar-refractivity contribution is -0.112. The number of nitrogens with two attached hydrogens (primary N) is 1. The van der Waals surface area contributed by atoms with E-state index in [1.165, 1.54) is 5.51 Å². The molecule has 15 heavy (non-hydrogen) atoms. The summed E-state index contributed by atoms with van der Waals surface area (Å²) in [5.41, 5.74) is 6.43. The van der Waals surface area contributed by atoms with Crippen LogP contribution in [0.2, 0.25) is 0 Å². The molecule has 0 aliphatic carbocycles. The number of hydrogen-bond donors (Lipinski definition) is 1. The smallest absolute Gasteiger partial charge is 0.359 e. The number of amides is 1. The second-order valence-corrected chi connectivity index (χ2v) is 3.22. The van der Waals surface area contributed by atoms with Crippen LogP contribution in [0, 0.1) is 11.8 Å². The van der Waals surface area contributed by atoms with E-state index in [0.717, 1.165) is 11.3 Å². The van der Waals surface area contributed by atoms with Gasteiger partial charge in [0, 0.05) is 5.92 Å². The Morgan fingerprint density at radius 3 is 3.00 bits per heavy atom. The van der Waals surface area contributed by atoms with Crippen molar-refractivity contribution in [2.24, 2.45) is 5.73 Å². The van der Waals surface area contributed by atoms with Gasteiger partial charge in [-0.15, -0.1) is 11.3 Å². The summed E-state index contributed by atoms with van der Waals surface area (Å²) in [7, 11) is 0. The largest absolute Gasteiger partial charge is 0.461 e. The quantitative estimate of drug-likeness (QED) is 0.573.